The summed E-state index contributed by atoms with van der Waals surface area (Å²) in [7, 11) is 0. The van der Waals surface area contributed by atoms with Crippen molar-refractivity contribution in [1.29, 1.82) is 0 Å². The van der Waals surface area contributed by atoms with Crippen LogP contribution in [0.2, 0.25) is 10.0 Å². The number of benzene rings is 3. The molecule has 0 radical (unpaired) electrons. The molecule has 2 N–H and O–H groups in total. The second-order valence-electron chi connectivity index (χ2n) is 7.76. The van der Waals surface area contributed by atoms with Gasteiger partial charge in [0.25, 0.3) is 0 Å². The predicted molar refractivity (Wildman–Crippen MR) is 143 cm³/mol. The summed E-state index contributed by atoms with van der Waals surface area (Å²) in [6.07, 6.45) is -0.492. The third-order valence-electron chi connectivity index (χ3n) is 5.05. The number of halogens is 2. The summed E-state index contributed by atoms with van der Waals surface area (Å²) in [4.78, 5) is 36.8. The minimum atomic E-state index is -0.670. The molecule has 186 valence electrons. The number of rotatable bonds is 7. The van der Waals surface area contributed by atoms with E-state index in [2.05, 4.69) is 26.1 Å². The van der Waals surface area contributed by atoms with E-state index in [9.17, 15) is 14.4 Å². The number of hydrogen-bond acceptors (Lipinski definition) is 7. The van der Waals surface area contributed by atoms with Crippen molar-refractivity contribution in [3.63, 3.8) is 0 Å². The molecule has 2 amide bonds. The highest BCUT2D eigenvalue weighted by atomic mass is 35.5. The van der Waals surface area contributed by atoms with Crippen molar-refractivity contribution in [2.75, 3.05) is 5.32 Å². The zero-order valence-corrected chi connectivity index (χ0v) is 20.9. The van der Waals surface area contributed by atoms with Crippen LogP contribution in [0.1, 0.15) is 18.9 Å². The van der Waals surface area contributed by atoms with Gasteiger partial charge in [0.15, 0.2) is 0 Å². The molecule has 0 fully saturated rings. The number of anilines is 1. The van der Waals surface area contributed by atoms with Crippen molar-refractivity contribution in [3.05, 3.63) is 98.8 Å². The van der Waals surface area contributed by atoms with E-state index < -0.39 is 23.9 Å². The van der Waals surface area contributed by atoms with Crippen LogP contribution in [0.3, 0.4) is 0 Å². The molecule has 9 nitrogen and oxygen atoms in total. The number of para-hydroxylation sites is 1. The summed E-state index contributed by atoms with van der Waals surface area (Å²) < 4.78 is 5.38. The lowest BCUT2D eigenvalue weighted by Gasteiger charge is -2.07. The lowest BCUT2D eigenvalue weighted by Crippen LogP contribution is -2.26. The van der Waals surface area contributed by atoms with Crippen molar-refractivity contribution >= 4 is 68.8 Å². The van der Waals surface area contributed by atoms with Gasteiger partial charge in [-0.2, -0.15) is 10.2 Å². The Morgan fingerprint density at radius 3 is 2.38 bits per heavy atom. The molecule has 0 aliphatic rings. The molecule has 4 rings (SSSR count). The average Bonchev–Trinajstić information content (AvgIpc) is 2.87. The smallest absolute Gasteiger partial charge is 0.345 e. The Balaban J connectivity index is 1.46. The predicted octanol–water partition coefficient (Wildman–Crippen LogP) is 6.38. The average molecular weight is 536 g/mol. The van der Waals surface area contributed by atoms with Crippen LogP contribution in [0.5, 0.6) is 0 Å². The van der Waals surface area contributed by atoms with Gasteiger partial charge < -0.3 is 9.73 Å². The van der Waals surface area contributed by atoms with Gasteiger partial charge in [-0.3, -0.25) is 9.59 Å². The Bertz CT molecular complexity index is 1610. The first kappa shape index (κ1) is 25.7. The molecule has 1 heterocycles. The molecule has 1 aromatic heterocycles. The largest absolute Gasteiger partial charge is 0.422 e. The van der Waals surface area contributed by atoms with Gasteiger partial charge >= 0.3 is 5.63 Å². The molecule has 0 atom stereocenters. The van der Waals surface area contributed by atoms with Crippen LogP contribution >= 0.6 is 23.2 Å². The van der Waals surface area contributed by atoms with E-state index in [0.717, 1.165) is 0 Å². The van der Waals surface area contributed by atoms with Crippen LogP contribution in [-0.4, -0.2) is 17.5 Å². The molecule has 11 heteroatoms. The Morgan fingerprint density at radius 1 is 0.892 bits per heavy atom. The van der Waals surface area contributed by atoms with Gasteiger partial charge in [0, 0.05) is 5.39 Å². The SMILES string of the molecule is C/C(=N/NC(=O)CC(=O)Nc1ccccc1Cl)c1cc2cc(N=Nc3ccccc3Cl)ccc2oc1=O. The molecular weight excluding hydrogens is 517 g/mol. The zero-order valence-electron chi connectivity index (χ0n) is 19.4. The molecule has 0 saturated carbocycles. The van der Waals surface area contributed by atoms with E-state index in [0.29, 0.717) is 38.1 Å². The maximum atomic E-state index is 12.5. The van der Waals surface area contributed by atoms with Gasteiger partial charge in [0.05, 0.1) is 32.7 Å². The summed E-state index contributed by atoms with van der Waals surface area (Å²) in [5.41, 5.74) is 3.73. The van der Waals surface area contributed by atoms with Gasteiger partial charge in [0.1, 0.15) is 17.7 Å². The molecule has 3 aromatic carbocycles. The number of carbonyl (C=O) groups is 2. The Kier molecular flexibility index (Phi) is 8.07. The fourth-order valence-corrected chi connectivity index (χ4v) is 3.57. The molecule has 4 aromatic rings. The number of nitrogens with zero attached hydrogens (tertiary/aromatic N) is 3. The number of azo groups is 1. The number of hydrazone groups is 1. The van der Waals surface area contributed by atoms with E-state index >= 15 is 0 Å². The zero-order chi connectivity index (χ0) is 26.4. The van der Waals surface area contributed by atoms with Crippen LogP contribution in [-0.2, 0) is 9.59 Å². The lowest BCUT2D eigenvalue weighted by molar-refractivity contribution is -0.126. The maximum absolute atomic E-state index is 12.5. The van der Waals surface area contributed by atoms with E-state index in [1.54, 1.807) is 72.8 Å². The maximum Gasteiger partial charge on any atom is 0.345 e. The van der Waals surface area contributed by atoms with Gasteiger partial charge in [-0.1, -0.05) is 47.5 Å². The van der Waals surface area contributed by atoms with Gasteiger partial charge in [-0.05, 0) is 55.5 Å². The third kappa shape index (κ3) is 6.66. The molecular formula is C26H19Cl2N5O4. The van der Waals surface area contributed by atoms with E-state index in [1.807, 2.05) is 0 Å². The molecule has 0 spiro atoms. The third-order valence-corrected chi connectivity index (χ3v) is 5.70. The fraction of sp³-hybridized carbons (Fsp3) is 0.0769. The highest BCUT2D eigenvalue weighted by Gasteiger charge is 2.13. The van der Waals surface area contributed by atoms with Crippen LogP contribution in [0, 0.1) is 0 Å². The second kappa shape index (κ2) is 11.6. The number of nitrogens with one attached hydrogen (secondary N) is 2. The standard InChI is InChI=1S/C26H19Cl2N5O4/c1-15(30-33-25(35)14-24(34)29-21-8-4-2-6-19(21)27)18-13-16-12-17(10-11-23(16)37-26(18)36)31-32-22-9-5-3-7-20(22)28/h2-13H,14H2,1H3,(H,29,34)(H,33,35)/b30-15-,32-31?. The summed E-state index contributed by atoms with van der Waals surface area (Å²) in [6, 6.07) is 20.2. The topological polar surface area (TPSA) is 125 Å². The van der Waals surface area contributed by atoms with Crippen molar-refractivity contribution in [2.24, 2.45) is 15.3 Å². The summed E-state index contributed by atoms with van der Waals surface area (Å²) in [6.45, 7) is 1.53. The molecule has 0 aliphatic heterocycles. The number of carbonyl (C=O) groups excluding carboxylic acids is 2. The highest BCUT2D eigenvalue weighted by molar-refractivity contribution is 6.33. The number of amides is 2. The molecule has 37 heavy (non-hydrogen) atoms. The Morgan fingerprint density at radius 2 is 1.62 bits per heavy atom. The van der Waals surface area contributed by atoms with Crippen molar-refractivity contribution in [3.8, 4) is 0 Å². The molecule has 0 unspecified atom stereocenters. The Hall–Kier alpha value is -4.34. The van der Waals surface area contributed by atoms with Crippen LogP contribution in [0.15, 0.2) is 97.3 Å². The number of fused-ring (bicyclic) bond motifs is 1. The van der Waals surface area contributed by atoms with E-state index in [1.165, 1.54) is 6.92 Å². The molecule has 0 bridgehead atoms. The van der Waals surface area contributed by atoms with E-state index in [4.69, 9.17) is 27.6 Å². The molecule has 0 aliphatic carbocycles. The van der Waals surface area contributed by atoms with Crippen molar-refractivity contribution in [2.45, 2.75) is 13.3 Å². The summed E-state index contributed by atoms with van der Waals surface area (Å²) in [5, 5.41) is 16.2. The van der Waals surface area contributed by atoms with Gasteiger partial charge in [0.2, 0.25) is 11.8 Å². The van der Waals surface area contributed by atoms with Crippen molar-refractivity contribution in [1.82, 2.24) is 5.43 Å². The summed E-state index contributed by atoms with van der Waals surface area (Å²) in [5.74, 6) is -1.24. The highest BCUT2D eigenvalue weighted by Crippen LogP contribution is 2.27. The van der Waals surface area contributed by atoms with Crippen LogP contribution < -0.4 is 16.4 Å². The first-order valence-electron chi connectivity index (χ1n) is 10.9. The van der Waals surface area contributed by atoms with Gasteiger partial charge in [-0.25, -0.2) is 10.2 Å². The normalized spacial score (nSPS) is 11.6. The minimum absolute atomic E-state index is 0.133. The quantitative estimate of drug-likeness (QED) is 0.0934. The minimum Gasteiger partial charge on any atom is -0.422 e. The number of hydrogen-bond donors (Lipinski definition) is 2. The van der Waals surface area contributed by atoms with Crippen molar-refractivity contribution < 1.29 is 14.0 Å². The Labute approximate surface area is 220 Å². The molecule has 0 saturated heterocycles. The van der Waals surface area contributed by atoms with Crippen LogP contribution in [0.4, 0.5) is 17.1 Å². The van der Waals surface area contributed by atoms with E-state index in [-0.39, 0.29) is 11.3 Å². The van der Waals surface area contributed by atoms with Gasteiger partial charge in [-0.15, -0.1) is 5.11 Å². The lowest BCUT2D eigenvalue weighted by atomic mass is 10.1. The fourth-order valence-electron chi connectivity index (χ4n) is 3.22. The summed E-state index contributed by atoms with van der Waals surface area (Å²) >= 11 is 12.1. The monoisotopic (exact) mass is 535 g/mol. The van der Waals surface area contributed by atoms with Crippen LogP contribution in [0.25, 0.3) is 11.0 Å². The second-order valence-corrected chi connectivity index (χ2v) is 8.57. The first-order chi connectivity index (χ1) is 17.8. The first-order valence-corrected chi connectivity index (χ1v) is 11.7.